The van der Waals surface area contributed by atoms with Gasteiger partial charge in [0.05, 0.1) is 12.2 Å². The molecule has 132 valence electrons. The van der Waals surface area contributed by atoms with Crippen molar-refractivity contribution in [2.45, 2.75) is 26.3 Å². The number of fused-ring (bicyclic) bond motifs is 1. The lowest BCUT2D eigenvalue weighted by Gasteiger charge is -2.17. The van der Waals surface area contributed by atoms with Crippen molar-refractivity contribution >= 4 is 11.7 Å². The van der Waals surface area contributed by atoms with Crippen LogP contribution in [0.5, 0.6) is 0 Å². The Morgan fingerprint density at radius 3 is 2.92 bits per heavy atom. The summed E-state index contributed by atoms with van der Waals surface area (Å²) < 4.78 is 3.98. The second kappa shape index (κ2) is 7.38. The first-order valence-electron chi connectivity index (χ1n) is 8.43. The molecular formula is C18H24N6O. The summed E-state index contributed by atoms with van der Waals surface area (Å²) in [6, 6.07) is 3.93. The van der Waals surface area contributed by atoms with Crippen LogP contribution in [0, 0.1) is 6.92 Å². The summed E-state index contributed by atoms with van der Waals surface area (Å²) in [4.78, 5) is 22.8. The molecule has 3 aromatic heterocycles. The third-order valence-electron chi connectivity index (χ3n) is 4.31. The minimum Gasteiger partial charge on any atom is -0.338 e. The molecule has 25 heavy (non-hydrogen) atoms. The topological polar surface area (TPSA) is 67.5 Å². The van der Waals surface area contributed by atoms with E-state index in [2.05, 4.69) is 15.3 Å². The Morgan fingerprint density at radius 2 is 2.20 bits per heavy atom. The van der Waals surface area contributed by atoms with Gasteiger partial charge in [0.2, 0.25) is 0 Å². The second-order valence-electron chi connectivity index (χ2n) is 6.29. The second-order valence-corrected chi connectivity index (χ2v) is 6.29. The maximum absolute atomic E-state index is 12.2. The summed E-state index contributed by atoms with van der Waals surface area (Å²) in [6.07, 6.45) is 9.37. The van der Waals surface area contributed by atoms with Crippen molar-refractivity contribution in [1.29, 1.82) is 0 Å². The van der Waals surface area contributed by atoms with Crippen LogP contribution in [0.4, 0.5) is 4.79 Å². The zero-order valence-corrected chi connectivity index (χ0v) is 14.9. The number of rotatable bonds is 6. The number of imidazole rings is 2. The number of hydrogen-bond donors (Lipinski definition) is 1. The summed E-state index contributed by atoms with van der Waals surface area (Å²) in [6.45, 7) is 3.13. The third kappa shape index (κ3) is 3.99. The van der Waals surface area contributed by atoms with Crippen LogP contribution in [-0.2, 0) is 20.0 Å². The van der Waals surface area contributed by atoms with Crippen molar-refractivity contribution in [1.82, 2.24) is 29.2 Å². The minimum absolute atomic E-state index is 0.0892. The fraction of sp³-hybridized carbons (Fsp3) is 0.389. The Labute approximate surface area is 147 Å². The monoisotopic (exact) mass is 340 g/mol. The van der Waals surface area contributed by atoms with Gasteiger partial charge in [0.1, 0.15) is 11.5 Å². The lowest BCUT2D eigenvalue weighted by molar-refractivity contribution is 0.207. The van der Waals surface area contributed by atoms with Crippen molar-refractivity contribution < 1.29 is 4.79 Å². The fourth-order valence-corrected chi connectivity index (χ4v) is 2.80. The van der Waals surface area contributed by atoms with Crippen LogP contribution in [0.2, 0.25) is 0 Å². The molecule has 7 nitrogen and oxygen atoms in total. The van der Waals surface area contributed by atoms with E-state index in [1.807, 2.05) is 60.7 Å². The number of aryl methyl sites for hydroxylation is 3. The van der Waals surface area contributed by atoms with Crippen molar-refractivity contribution in [3.05, 3.63) is 54.0 Å². The highest BCUT2D eigenvalue weighted by Gasteiger charge is 2.10. The minimum atomic E-state index is -0.0892. The van der Waals surface area contributed by atoms with Gasteiger partial charge in [-0.05, 0) is 25.0 Å². The Morgan fingerprint density at radius 1 is 1.36 bits per heavy atom. The molecule has 0 unspecified atom stereocenters. The van der Waals surface area contributed by atoms with E-state index in [0.29, 0.717) is 13.1 Å². The zero-order valence-electron chi connectivity index (χ0n) is 14.9. The van der Waals surface area contributed by atoms with E-state index in [4.69, 9.17) is 0 Å². The first-order valence-corrected chi connectivity index (χ1v) is 8.43. The predicted molar refractivity (Wildman–Crippen MR) is 96.3 cm³/mol. The number of pyridine rings is 1. The summed E-state index contributed by atoms with van der Waals surface area (Å²) in [5.74, 6) is 1.04. The molecule has 0 aromatic carbocycles. The summed E-state index contributed by atoms with van der Waals surface area (Å²) >= 11 is 0. The normalized spacial score (nSPS) is 11.0. The van der Waals surface area contributed by atoms with Gasteiger partial charge in [-0.3, -0.25) is 0 Å². The molecule has 3 heterocycles. The highest BCUT2D eigenvalue weighted by Crippen LogP contribution is 2.09. The van der Waals surface area contributed by atoms with Gasteiger partial charge in [-0.15, -0.1) is 0 Å². The van der Waals surface area contributed by atoms with Gasteiger partial charge in [0.25, 0.3) is 0 Å². The molecule has 0 bridgehead atoms. The number of amides is 2. The van der Waals surface area contributed by atoms with E-state index in [1.165, 1.54) is 0 Å². The highest BCUT2D eigenvalue weighted by atomic mass is 16.2. The van der Waals surface area contributed by atoms with Crippen molar-refractivity contribution in [3.8, 4) is 0 Å². The maximum Gasteiger partial charge on any atom is 0.317 e. The lowest BCUT2D eigenvalue weighted by atomic mass is 10.3. The molecule has 3 aromatic rings. The van der Waals surface area contributed by atoms with Crippen molar-refractivity contribution in [2.24, 2.45) is 7.05 Å². The van der Waals surface area contributed by atoms with E-state index in [1.54, 1.807) is 11.1 Å². The zero-order chi connectivity index (χ0) is 17.8. The molecule has 3 rings (SSSR count). The average Bonchev–Trinajstić information content (AvgIpc) is 3.19. The number of carbonyl (C=O) groups excluding carboxylic acids is 1. The van der Waals surface area contributed by atoms with Gasteiger partial charge >= 0.3 is 6.03 Å². The lowest BCUT2D eigenvalue weighted by Crippen LogP contribution is -2.37. The number of nitrogens with zero attached hydrogens (tertiary/aromatic N) is 5. The van der Waals surface area contributed by atoms with Gasteiger partial charge in [-0.1, -0.05) is 6.07 Å². The van der Waals surface area contributed by atoms with E-state index in [9.17, 15) is 4.79 Å². The average molecular weight is 340 g/mol. The first kappa shape index (κ1) is 17.0. The van der Waals surface area contributed by atoms with Gasteiger partial charge < -0.3 is 19.2 Å². The Hall–Kier alpha value is -2.83. The SMILES string of the molecule is Cc1cccn2cc(CNC(=O)N(C)CCCc3nccn3C)nc12. The standard InChI is InChI=1S/C18H24N6O/c1-14-6-4-10-24-13-15(21-17(14)24)12-20-18(25)23(3)9-5-7-16-19-8-11-22(16)2/h4,6,8,10-11,13H,5,7,9,12H2,1-3H3,(H,20,25). The number of nitrogens with one attached hydrogen (secondary N) is 1. The number of carbonyl (C=O) groups is 1. The van der Waals surface area contributed by atoms with Crippen LogP contribution >= 0.6 is 0 Å². The van der Waals surface area contributed by atoms with Crippen LogP contribution in [0.1, 0.15) is 23.5 Å². The molecule has 0 fully saturated rings. The van der Waals surface area contributed by atoms with Gasteiger partial charge in [-0.25, -0.2) is 14.8 Å². The molecule has 0 spiro atoms. The molecule has 0 saturated carbocycles. The molecule has 7 heteroatoms. The van der Waals surface area contributed by atoms with Crippen LogP contribution in [0.3, 0.4) is 0 Å². The van der Waals surface area contributed by atoms with Gasteiger partial charge in [0.15, 0.2) is 0 Å². The molecule has 0 aliphatic rings. The summed E-state index contributed by atoms with van der Waals surface area (Å²) in [5, 5.41) is 2.92. The number of hydrogen-bond acceptors (Lipinski definition) is 3. The van der Waals surface area contributed by atoms with Crippen LogP contribution in [0.15, 0.2) is 36.9 Å². The first-order chi connectivity index (χ1) is 12.0. The van der Waals surface area contributed by atoms with Crippen LogP contribution < -0.4 is 5.32 Å². The molecule has 0 radical (unpaired) electrons. The highest BCUT2D eigenvalue weighted by molar-refractivity contribution is 5.73. The quantitative estimate of drug-likeness (QED) is 0.748. The van der Waals surface area contributed by atoms with Gasteiger partial charge in [0, 0.05) is 51.8 Å². The molecule has 0 aliphatic carbocycles. The number of urea groups is 1. The van der Waals surface area contributed by atoms with E-state index in [-0.39, 0.29) is 6.03 Å². The molecule has 2 amide bonds. The maximum atomic E-state index is 12.2. The van der Waals surface area contributed by atoms with Gasteiger partial charge in [-0.2, -0.15) is 0 Å². The molecule has 1 N–H and O–H groups in total. The van der Waals surface area contributed by atoms with Crippen molar-refractivity contribution in [2.75, 3.05) is 13.6 Å². The molecule has 0 saturated heterocycles. The fourth-order valence-electron chi connectivity index (χ4n) is 2.80. The Kier molecular flexibility index (Phi) is 5.02. The van der Waals surface area contributed by atoms with E-state index >= 15 is 0 Å². The third-order valence-corrected chi connectivity index (χ3v) is 4.31. The molecule has 0 atom stereocenters. The molecular weight excluding hydrogens is 316 g/mol. The van der Waals surface area contributed by atoms with Crippen molar-refractivity contribution in [3.63, 3.8) is 0 Å². The largest absolute Gasteiger partial charge is 0.338 e. The van der Waals surface area contributed by atoms with Crippen LogP contribution in [-0.4, -0.2) is 43.5 Å². The smallest absolute Gasteiger partial charge is 0.317 e. The molecule has 0 aliphatic heterocycles. The van der Waals surface area contributed by atoms with E-state index in [0.717, 1.165) is 35.6 Å². The van der Waals surface area contributed by atoms with Crippen LogP contribution in [0.25, 0.3) is 5.65 Å². The number of aromatic nitrogens is 4. The Bertz CT molecular complexity index is 865. The predicted octanol–water partition coefficient (Wildman–Crippen LogP) is 2.15. The van der Waals surface area contributed by atoms with E-state index < -0.39 is 0 Å². The summed E-state index contributed by atoms with van der Waals surface area (Å²) in [7, 11) is 3.79. The summed E-state index contributed by atoms with van der Waals surface area (Å²) in [5.41, 5.74) is 2.89. The Balaban J connectivity index is 1.47.